The van der Waals surface area contributed by atoms with Crippen molar-refractivity contribution in [2.45, 2.75) is 0 Å². The van der Waals surface area contributed by atoms with Gasteiger partial charge in [-0.15, -0.1) is 12.6 Å². The highest BCUT2D eigenvalue weighted by molar-refractivity contribution is 7.97. The molecule has 0 atom stereocenters. The maximum absolute atomic E-state index is 7.46. The molecule has 0 aliphatic carbocycles. The van der Waals surface area contributed by atoms with Crippen molar-refractivity contribution in [2.24, 2.45) is 0 Å². The zero-order valence-corrected chi connectivity index (χ0v) is 14.2. The van der Waals surface area contributed by atoms with E-state index >= 15 is 0 Å². The molecule has 24 heavy (non-hydrogen) atoms. The number of aromatic nitrogens is 3. The fraction of sp³-hybridized carbons (Fsp3) is 0.333. The third kappa shape index (κ3) is 4.33. The lowest BCUT2D eigenvalue weighted by Crippen LogP contribution is -2.45. The number of anilines is 2. The molecule has 1 aromatic carbocycles. The number of likely N-dealkylation sites (N-methyl/N-ethyl adjacent to an activating group) is 1. The highest BCUT2D eigenvalue weighted by atomic mass is 32.1. The van der Waals surface area contributed by atoms with E-state index in [2.05, 4.69) is 49.7 Å². The zero-order chi connectivity index (χ0) is 16.9. The van der Waals surface area contributed by atoms with Gasteiger partial charge in [-0.25, -0.2) is 0 Å². The summed E-state index contributed by atoms with van der Waals surface area (Å²) >= 11 is 3.93. The number of thiol groups is 1. The molecular weight excluding hydrogens is 326 g/mol. The van der Waals surface area contributed by atoms with Gasteiger partial charge in [-0.2, -0.15) is 15.0 Å². The largest absolute Gasteiger partial charge is 0.424 e. The Morgan fingerprint density at radius 1 is 1.12 bits per heavy atom. The molecule has 126 valence electrons. The molecule has 2 heterocycles. The third-order valence-corrected chi connectivity index (χ3v) is 3.68. The van der Waals surface area contributed by atoms with Crippen LogP contribution in [0.3, 0.4) is 0 Å². The minimum absolute atomic E-state index is 0.0452. The van der Waals surface area contributed by atoms with Crippen LogP contribution in [-0.4, -0.2) is 58.2 Å². The van der Waals surface area contributed by atoms with E-state index in [1.807, 2.05) is 30.3 Å². The average Bonchev–Trinajstić information content (AvgIpc) is 2.55. The maximum Gasteiger partial charge on any atom is 0.328 e. The Bertz CT molecular complexity index is 704. The molecule has 1 fully saturated rings. The Kier molecular flexibility index (Phi) is 5.11. The van der Waals surface area contributed by atoms with Crippen molar-refractivity contribution in [2.75, 3.05) is 43.4 Å². The van der Waals surface area contributed by atoms with Crippen molar-refractivity contribution >= 4 is 29.7 Å². The first-order valence-electron chi connectivity index (χ1n) is 7.57. The molecule has 0 bridgehead atoms. The van der Waals surface area contributed by atoms with Gasteiger partial charge in [0.2, 0.25) is 11.9 Å². The molecule has 2 aromatic rings. The van der Waals surface area contributed by atoms with E-state index in [0.717, 1.165) is 26.2 Å². The number of rotatable bonds is 4. The summed E-state index contributed by atoms with van der Waals surface area (Å²) in [5.41, 5.74) is 0. The Hall–Kier alpha value is -2.39. The molecule has 2 N–H and O–H groups in total. The number of nitrogens with zero attached hydrogens (tertiary/aromatic N) is 5. The Morgan fingerprint density at radius 2 is 1.83 bits per heavy atom. The number of hydrogen-bond acceptors (Lipinski definition) is 7. The number of ether oxygens (including phenoxy) is 1. The second kappa shape index (κ2) is 7.45. The SMILES string of the molecule is CN1CCN(c2nc(NC(=N)S)nc(Oc3ccccc3)n2)CC1. The van der Waals surface area contributed by atoms with Crippen molar-refractivity contribution in [3.63, 3.8) is 0 Å². The summed E-state index contributed by atoms with van der Waals surface area (Å²) in [7, 11) is 2.09. The lowest BCUT2D eigenvalue weighted by Gasteiger charge is -2.32. The predicted molar refractivity (Wildman–Crippen MR) is 96.4 cm³/mol. The number of hydrogen-bond donors (Lipinski definition) is 3. The molecule has 0 unspecified atom stereocenters. The highest BCUT2D eigenvalue weighted by Crippen LogP contribution is 2.21. The monoisotopic (exact) mass is 345 g/mol. The summed E-state index contributed by atoms with van der Waals surface area (Å²) in [4.78, 5) is 17.3. The van der Waals surface area contributed by atoms with Gasteiger partial charge in [-0.05, 0) is 19.2 Å². The van der Waals surface area contributed by atoms with Crippen LogP contribution in [0, 0.1) is 5.41 Å². The lowest BCUT2D eigenvalue weighted by atomic mass is 10.3. The molecular formula is C15H19N7OS. The molecule has 1 aromatic heterocycles. The van der Waals surface area contributed by atoms with Crippen LogP contribution >= 0.6 is 12.6 Å². The van der Waals surface area contributed by atoms with Gasteiger partial charge in [0.25, 0.3) is 0 Å². The van der Waals surface area contributed by atoms with E-state index in [4.69, 9.17) is 10.1 Å². The summed E-state index contributed by atoms with van der Waals surface area (Å²) in [6, 6.07) is 9.49. The van der Waals surface area contributed by atoms with Crippen molar-refractivity contribution in [1.29, 1.82) is 5.41 Å². The molecule has 0 spiro atoms. The summed E-state index contributed by atoms with van der Waals surface area (Å²) in [5, 5.41) is 10.1. The van der Waals surface area contributed by atoms with Crippen LogP contribution in [0.5, 0.6) is 11.8 Å². The van der Waals surface area contributed by atoms with Gasteiger partial charge in [-0.3, -0.25) is 5.41 Å². The number of amidine groups is 1. The van der Waals surface area contributed by atoms with Crippen molar-refractivity contribution in [1.82, 2.24) is 19.9 Å². The molecule has 8 nitrogen and oxygen atoms in total. The van der Waals surface area contributed by atoms with Gasteiger partial charge in [-0.1, -0.05) is 18.2 Å². The smallest absolute Gasteiger partial charge is 0.328 e. The zero-order valence-electron chi connectivity index (χ0n) is 13.3. The van der Waals surface area contributed by atoms with Gasteiger partial charge >= 0.3 is 6.01 Å². The minimum Gasteiger partial charge on any atom is -0.424 e. The van der Waals surface area contributed by atoms with Crippen molar-refractivity contribution in [3.05, 3.63) is 30.3 Å². The maximum atomic E-state index is 7.46. The van der Waals surface area contributed by atoms with Gasteiger partial charge < -0.3 is 19.9 Å². The van der Waals surface area contributed by atoms with Crippen LogP contribution in [0.15, 0.2) is 30.3 Å². The fourth-order valence-corrected chi connectivity index (χ4v) is 2.40. The van der Waals surface area contributed by atoms with Gasteiger partial charge in [0.1, 0.15) is 5.75 Å². The first-order valence-corrected chi connectivity index (χ1v) is 8.02. The van der Waals surface area contributed by atoms with E-state index in [9.17, 15) is 0 Å². The van der Waals surface area contributed by atoms with Crippen LogP contribution in [0.2, 0.25) is 0 Å². The third-order valence-electron chi connectivity index (χ3n) is 3.57. The van der Waals surface area contributed by atoms with Crippen LogP contribution in [0.4, 0.5) is 11.9 Å². The van der Waals surface area contributed by atoms with Gasteiger partial charge in [0, 0.05) is 26.2 Å². The molecule has 3 rings (SSSR count). The van der Waals surface area contributed by atoms with Crippen molar-refractivity contribution < 1.29 is 4.74 Å². The quantitative estimate of drug-likeness (QED) is 0.441. The second-order valence-corrected chi connectivity index (χ2v) is 5.87. The number of para-hydroxylation sites is 1. The Balaban J connectivity index is 1.87. The standard InChI is InChI=1S/C15H19N7OS/c1-21-7-9-22(10-8-21)14-18-13(17-12(16)24)19-15(20-14)23-11-5-3-2-4-6-11/h2-6H,7-10H2,1H3,(H3,16,17,18,19,20,24). The first-order chi connectivity index (χ1) is 11.6. The molecule has 0 saturated carbocycles. The van der Waals surface area contributed by atoms with E-state index in [1.165, 1.54) is 0 Å². The van der Waals surface area contributed by atoms with Gasteiger partial charge in [0.05, 0.1) is 0 Å². The topological polar surface area (TPSA) is 90.3 Å². The molecule has 0 amide bonds. The summed E-state index contributed by atoms with van der Waals surface area (Å²) in [5.74, 6) is 1.41. The minimum atomic E-state index is -0.0452. The first kappa shape index (κ1) is 16.5. The van der Waals surface area contributed by atoms with Gasteiger partial charge in [0.15, 0.2) is 5.17 Å². The van der Waals surface area contributed by atoms with Crippen LogP contribution in [0.25, 0.3) is 0 Å². The Labute approximate surface area is 145 Å². The predicted octanol–water partition coefficient (Wildman–Crippen LogP) is 1.69. The van der Waals surface area contributed by atoms with Crippen molar-refractivity contribution in [3.8, 4) is 11.8 Å². The highest BCUT2D eigenvalue weighted by Gasteiger charge is 2.19. The molecule has 1 aliphatic rings. The number of piperazine rings is 1. The lowest BCUT2D eigenvalue weighted by molar-refractivity contribution is 0.310. The molecule has 9 heteroatoms. The normalized spacial score (nSPS) is 15.2. The van der Waals surface area contributed by atoms with E-state index in [-0.39, 0.29) is 17.1 Å². The number of nitrogens with one attached hydrogen (secondary N) is 2. The molecule has 1 aliphatic heterocycles. The van der Waals surface area contributed by atoms with Crippen LogP contribution < -0.4 is 15.0 Å². The van der Waals surface area contributed by atoms with Crippen LogP contribution in [-0.2, 0) is 0 Å². The van der Waals surface area contributed by atoms with E-state index in [0.29, 0.717) is 11.7 Å². The van der Waals surface area contributed by atoms with E-state index < -0.39 is 0 Å². The summed E-state index contributed by atoms with van der Waals surface area (Å²) < 4.78 is 5.72. The number of benzene rings is 1. The Morgan fingerprint density at radius 3 is 2.50 bits per heavy atom. The summed E-state index contributed by atoms with van der Waals surface area (Å²) in [6.07, 6.45) is 0. The average molecular weight is 345 g/mol. The van der Waals surface area contributed by atoms with E-state index in [1.54, 1.807) is 0 Å². The fourth-order valence-electron chi connectivity index (χ4n) is 2.30. The van der Waals surface area contributed by atoms with Crippen LogP contribution in [0.1, 0.15) is 0 Å². The second-order valence-electron chi connectivity index (χ2n) is 5.42. The molecule has 0 radical (unpaired) electrons. The molecule has 1 saturated heterocycles. The summed E-state index contributed by atoms with van der Waals surface area (Å²) in [6.45, 7) is 3.52.